The number of nitrogens with one attached hydrogen (secondary N) is 2. The first-order valence-corrected chi connectivity index (χ1v) is 8.03. The SMILES string of the molecule is COc1ccc(C)cc1NC(=O)c1cc(-c2ccc(OC(F)F)cc2)n[nH]1. The number of hydrogen-bond donors (Lipinski definition) is 2. The molecule has 3 aromatic rings. The number of anilines is 1. The molecule has 0 atom stereocenters. The number of rotatable bonds is 6. The first-order valence-electron chi connectivity index (χ1n) is 8.03. The second-order valence-corrected chi connectivity index (χ2v) is 5.73. The Labute approximate surface area is 154 Å². The van der Waals surface area contributed by atoms with Crippen LogP contribution in [0.15, 0.2) is 48.5 Å². The second-order valence-electron chi connectivity index (χ2n) is 5.73. The minimum Gasteiger partial charge on any atom is -0.495 e. The van der Waals surface area contributed by atoms with Gasteiger partial charge < -0.3 is 14.8 Å². The average Bonchev–Trinajstić information content (AvgIpc) is 3.12. The third-order valence-corrected chi connectivity index (χ3v) is 3.80. The van der Waals surface area contributed by atoms with E-state index in [1.165, 1.54) is 19.2 Å². The number of ether oxygens (including phenoxy) is 2. The van der Waals surface area contributed by atoms with Crippen molar-refractivity contribution in [3.8, 4) is 22.8 Å². The molecule has 2 N–H and O–H groups in total. The Hall–Kier alpha value is -3.42. The summed E-state index contributed by atoms with van der Waals surface area (Å²) in [6.45, 7) is -0.972. The molecule has 140 valence electrons. The number of aromatic amines is 1. The lowest BCUT2D eigenvalue weighted by Crippen LogP contribution is -2.13. The Morgan fingerprint density at radius 1 is 1.15 bits per heavy atom. The van der Waals surface area contributed by atoms with Crippen LogP contribution < -0.4 is 14.8 Å². The van der Waals surface area contributed by atoms with Gasteiger partial charge in [0.2, 0.25) is 0 Å². The molecule has 0 bridgehead atoms. The molecule has 0 spiro atoms. The Morgan fingerprint density at radius 3 is 2.56 bits per heavy atom. The fourth-order valence-corrected chi connectivity index (χ4v) is 2.50. The van der Waals surface area contributed by atoms with Crippen molar-refractivity contribution in [3.05, 3.63) is 59.8 Å². The van der Waals surface area contributed by atoms with Gasteiger partial charge >= 0.3 is 6.61 Å². The van der Waals surface area contributed by atoms with Gasteiger partial charge in [0.15, 0.2) is 0 Å². The van der Waals surface area contributed by atoms with Gasteiger partial charge in [-0.15, -0.1) is 0 Å². The van der Waals surface area contributed by atoms with Gasteiger partial charge in [0.05, 0.1) is 18.5 Å². The van der Waals surface area contributed by atoms with Gasteiger partial charge in [0.1, 0.15) is 17.2 Å². The van der Waals surface area contributed by atoms with Crippen LogP contribution in [0.25, 0.3) is 11.3 Å². The largest absolute Gasteiger partial charge is 0.495 e. The van der Waals surface area contributed by atoms with E-state index in [4.69, 9.17) is 4.74 Å². The number of carbonyl (C=O) groups is 1. The predicted octanol–water partition coefficient (Wildman–Crippen LogP) is 4.25. The molecule has 0 aliphatic carbocycles. The van der Waals surface area contributed by atoms with Crippen LogP contribution in [0.2, 0.25) is 0 Å². The highest BCUT2D eigenvalue weighted by Gasteiger charge is 2.14. The minimum absolute atomic E-state index is 0.0498. The molecule has 0 saturated heterocycles. The summed E-state index contributed by atoms with van der Waals surface area (Å²) >= 11 is 0. The first-order chi connectivity index (χ1) is 13.0. The van der Waals surface area contributed by atoms with Crippen LogP contribution >= 0.6 is 0 Å². The van der Waals surface area contributed by atoms with Crippen LogP contribution in [0, 0.1) is 6.92 Å². The molecule has 27 heavy (non-hydrogen) atoms. The Kier molecular flexibility index (Phi) is 5.35. The van der Waals surface area contributed by atoms with E-state index in [2.05, 4.69) is 20.3 Å². The molecule has 0 radical (unpaired) electrons. The quantitative estimate of drug-likeness (QED) is 0.677. The average molecular weight is 373 g/mol. The van der Waals surface area contributed by atoms with Crippen LogP contribution in [0.5, 0.6) is 11.5 Å². The van der Waals surface area contributed by atoms with Crippen LogP contribution in [0.1, 0.15) is 16.1 Å². The van der Waals surface area contributed by atoms with Gasteiger partial charge in [0.25, 0.3) is 5.91 Å². The van der Waals surface area contributed by atoms with Gasteiger partial charge in [-0.25, -0.2) is 0 Å². The summed E-state index contributed by atoms with van der Waals surface area (Å²) in [5.74, 6) is 0.215. The third kappa shape index (κ3) is 4.41. The number of benzene rings is 2. The molecule has 1 heterocycles. The molecule has 8 heteroatoms. The van der Waals surface area contributed by atoms with Crippen molar-refractivity contribution in [1.82, 2.24) is 10.2 Å². The summed E-state index contributed by atoms with van der Waals surface area (Å²) < 4.78 is 34.0. The van der Waals surface area contributed by atoms with E-state index in [0.29, 0.717) is 22.7 Å². The molecule has 1 aromatic heterocycles. The number of alkyl halides is 2. The van der Waals surface area contributed by atoms with Crippen molar-refractivity contribution in [2.45, 2.75) is 13.5 Å². The number of carbonyl (C=O) groups excluding carboxylic acids is 1. The summed E-state index contributed by atoms with van der Waals surface area (Å²) in [4.78, 5) is 12.5. The number of amides is 1. The standard InChI is InChI=1S/C19H17F2N3O3/c1-11-3-8-17(26-2)15(9-11)22-18(25)16-10-14(23-24-16)12-4-6-13(7-5-12)27-19(20)21/h3-10,19H,1-2H3,(H,22,25)(H,23,24). The Balaban J connectivity index is 1.75. The van der Waals surface area contributed by atoms with Crippen LogP contribution in [0.3, 0.4) is 0 Å². The zero-order chi connectivity index (χ0) is 19.4. The third-order valence-electron chi connectivity index (χ3n) is 3.80. The normalized spacial score (nSPS) is 10.7. The van der Waals surface area contributed by atoms with E-state index in [9.17, 15) is 13.6 Å². The first kappa shape index (κ1) is 18.4. The maximum absolute atomic E-state index is 12.5. The molecule has 1 amide bonds. The fourth-order valence-electron chi connectivity index (χ4n) is 2.50. The van der Waals surface area contributed by atoms with Gasteiger partial charge in [-0.05, 0) is 55.0 Å². The molecule has 3 rings (SSSR count). The zero-order valence-corrected chi connectivity index (χ0v) is 14.6. The Morgan fingerprint density at radius 2 is 1.89 bits per heavy atom. The van der Waals surface area contributed by atoms with Crippen molar-refractivity contribution in [2.75, 3.05) is 12.4 Å². The van der Waals surface area contributed by atoms with E-state index in [1.807, 2.05) is 13.0 Å². The van der Waals surface area contributed by atoms with E-state index in [-0.39, 0.29) is 17.4 Å². The molecular formula is C19H17F2N3O3. The Bertz CT molecular complexity index is 940. The molecule has 0 aliphatic heterocycles. The van der Waals surface area contributed by atoms with Crippen LogP contribution in [-0.4, -0.2) is 29.8 Å². The minimum atomic E-state index is -2.88. The van der Waals surface area contributed by atoms with Crippen molar-refractivity contribution in [3.63, 3.8) is 0 Å². The summed E-state index contributed by atoms with van der Waals surface area (Å²) in [6.07, 6.45) is 0. The van der Waals surface area contributed by atoms with Gasteiger partial charge in [-0.1, -0.05) is 6.07 Å². The van der Waals surface area contributed by atoms with E-state index >= 15 is 0 Å². The zero-order valence-electron chi connectivity index (χ0n) is 14.6. The highest BCUT2D eigenvalue weighted by molar-refractivity contribution is 6.04. The smallest absolute Gasteiger partial charge is 0.387 e. The lowest BCUT2D eigenvalue weighted by atomic mass is 10.1. The van der Waals surface area contributed by atoms with Gasteiger partial charge in [-0.2, -0.15) is 13.9 Å². The molecule has 0 aliphatic rings. The summed E-state index contributed by atoms with van der Waals surface area (Å²) in [7, 11) is 1.52. The van der Waals surface area contributed by atoms with E-state index in [0.717, 1.165) is 5.56 Å². The second kappa shape index (κ2) is 7.86. The van der Waals surface area contributed by atoms with Gasteiger partial charge in [0, 0.05) is 5.56 Å². The number of halogens is 2. The van der Waals surface area contributed by atoms with Crippen LogP contribution in [0.4, 0.5) is 14.5 Å². The number of nitrogens with zero attached hydrogens (tertiary/aromatic N) is 1. The van der Waals surface area contributed by atoms with Gasteiger partial charge in [-0.3, -0.25) is 9.89 Å². The summed E-state index contributed by atoms with van der Waals surface area (Å²) in [5, 5.41) is 9.54. The highest BCUT2D eigenvalue weighted by atomic mass is 19.3. The number of aryl methyl sites for hydroxylation is 1. The summed E-state index contributed by atoms with van der Waals surface area (Å²) in [5.41, 5.74) is 2.93. The molecule has 0 unspecified atom stereocenters. The van der Waals surface area contributed by atoms with Crippen LogP contribution in [-0.2, 0) is 0 Å². The molecule has 6 nitrogen and oxygen atoms in total. The predicted molar refractivity (Wildman–Crippen MR) is 96.3 cm³/mol. The molecule has 0 saturated carbocycles. The molecule has 0 fully saturated rings. The van der Waals surface area contributed by atoms with Crippen molar-refractivity contribution >= 4 is 11.6 Å². The lowest BCUT2D eigenvalue weighted by molar-refractivity contribution is -0.0498. The monoisotopic (exact) mass is 373 g/mol. The van der Waals surface area contributed by atoms with Crippen molar-refractivity contribution in [2.24, 2.45) is 0 Å². The number of H-pyrrole nitrogens is 1. The number of aromatic nitrogens is 2. The van der Waals surface area contributed by atoms with Crippen molar-refractivity contribution < 1.29 is 23.0 Å². The molecule has 2 aromatic carbocycles. The topological polar surface area (TPSA) is 76.2 Å². The van der Waals surface area contributed by atoms with Crippen molar-refractivity contribution in [1.29, 1.82) is 0 Å². The summed E-state index contributed by atoms with van der Waals surface area (Å²) in [6, 6.07) is 13.0. The van der Waals surface area contributed by atoms with E-state index in [1.54, 1.807) is 30.3 Å². The van der Waals surface area contributed by atoms with E-state index < -0.39 is 6.61 Å². The number of hydrogen-bond acceptors (Lipinski definition) is 4. The highest BCUT2D eigenvalue weighted by Crippen LogP contribution is 2.26. The lowest BCUT2D eigenvalue weighted by Gasteiger charge is -2.10. The maximum atomic E-state index is 12.5. The fraction of sp³-hybridized carbons (Fsp3) is 0.158. The number of methoxy groups -OCH3 is 1. The maximum Gasteiger partial charge on any atom is 0.387 e. The molecular weight excluding hydrogens is 356 g/mol.